The number of methoxy groups -OCH3 is 1. The van der Waals surface area contributed by atoms with Crippen LogP contribution in [0.3, 0.4) is 0 Å². The second kappa shape index (κ2) is 8.02. The average Bonchev–Trinajstić information content (AvgIpc) is 3.47. The van der Waals surface area contributed by atoms with Crippen molar-refractivity contribution in [3.05, 3.63) is 81.7 Å². The number of carbonyl (C=O) groups is 1. The molecule has 4 rings (SSSR count). The number of nitrogens with one attached hydrogen (secondary N) is 1. The van der Waals surface area contributed by atoms with Crippen LogP contribution < -0.4 is 10.5 Å². The van der Waals surface area contributed by atoms with E-state index in [1.54, 1.807) is 25.1 Å². The number of aliphatic hydroxyl groups excluding tert-OH is 1. The zero-order valence-corrected chi connectivity index (χ0v) is 18.0. The van der Waals surface area contributed by atoms with Gasteiger partial charge in [0.2, 0.25) is 0 Å². The first-order valence-corrected chi connectivity index (χ1v) is 10.5. The van der Waals surface area contributed by atoms with Crippen molar-refractivity contribution < 1.29 is 32.0 Å². The van der Waals surface area contributed by atoms with Gasteiger partial charge in [0.05, 0.1) is 16.8 Å². The molecule has 2 aromatic carbocycles. The standard InChI is InChI=1S/C22H21F3N2O4S/c1-11-9-12(3-8-15(11)20(29)31-32-26)17-19(28)18(27-17)16-10-21(16,30-2)13-4-6-14(7-5-13)22(23,24)25/h3-9,16-17,27-28H,10,26H2,1-2H3/t16-,17-,21+/m0/s1. The van der Waals surface area contributed by atoms with Crippen molar-refractivity contribution in [3.8, 4) is 0 Å². The first kappa shape index (κ1) is 22.5. The molecular formula is C22H21F3N2O4S. The van der Waals surface area contributed by atoms with E-state index in [1.807, 2.05) is 0 Å². The first-order chi connectivity index (χ1) is 15.1. The third-order valence-corrected chi connectivity index (χ3v) is 6.35. The van der Waals surface area contributed by atoms with Gasteiger partial charge in [0, 0.05) is 13.0 Å². The monoisotopic (exact) mass is 466 g/mol. The Kier molecular flexibility index (Phi) is 5.64. The van der Waals surface area contributed by atoms with E-state index in [0.717, 1.165) is 17.7 Å². The zero-order valence-electron chi connectivity index (χ0n) is 17.2. The zero-order chi connectivity index (χ0) is 23.3. The minimum absolute atomic E-state index is 0.146. The summed E-state index contributed by atoms with van der Waals surface area (Å²) in [4.78, 5) is 11.9. The molecule has 10 heteroatoms. The predicted molar refractivity (Wildman–Crippen MR) is 112 cm³/mol. The fourth-order valence-corrected chi connectivity index (χ4v) is 4.44. The van der Waals surface area contributed by atoms with Crippen molar-refractivity contribution in [1.29, 1.82) is 0 Å². The number of nitrogens with two attached hydrogens (primary N) is 1. The molecule has 0 saturated heterocycles. The van der Waals surface area contributed by atoms with Crippen LogP contribution in [0.4, 0.5) is 13.2 Å². The van der Waals surface area contributed by atoms with Crippen LogP contribution in [0.2, 0.25) is 0 Å². The summed E-state index contributed by atoms with van der Waals surface area (Å²) in [6, 6.07) is 9.55. The fourth-order valence-electron chi connectivity index (χ4n) is 4.26. The maximum absolute atomic E-state index is 12.9. The van der Waals surface area contributed by atoms with E-state index in [4.69, 9.17) is 14.1 Å². The lowest BCUT2D eigenvalue weighted by Crippen LogP contribution is -2.37. The van der Waals surface area contributed by atoms with Crippen molar-refractivity contribution in [2.45, 2.75) is 31.2 Å². The van der Waals surface area contributed by atoms with Gasteiger partial charge in [0.15, 0.2) is 0 Å². The van der Waals surface area contributed by atoms with Gasteiger partial charge < -0.3 is 19.3 Å². The third-order valence-electron chi connectivity index (χ3n) is 6.10. The number of hydrogen-bond donors (Lipinski definition) is 3. The molecule has 1 aliphatic carbocycles. The molecule has 2 aliphatic rings. The Balaban J connectivity index is 1.52. The van der Waals surface area contributed by atoms with Gasteiger partial charge in [-0.2, -0.15) is 13.2 Å². The van der Waals surface area contributed by atoms with E-state index in [0.29, 0.717) is 41.0 Å². The largest absolute Gasteiger partial charge is 0.508 e. The van der Waals surface area contributed by atoms with Gasteiger partial charge in [-0.1, -0.05) is 24.3 Å². The van der Waals surface area contributed by atoms with Crippen molar-refractivity contribution in [2.75, 3.05) is 7.11 Å². The van der Waals surface area contributed by atoms with Crippen molar-refractivity contribution in [1.82, 2.24) is 5.32 Å². The normalized spacial score (nSPS) is 24.6. The summed E-state index contributed by atoms with van der Waals surface area (Å²) >= 11 is 0.475. The van der Waals surface area contributed by atoms with Gasteiger partial charge in [0.25, 0.3) is 0 Å². The Morgan fingerprint density at radius 2 is 1.94 bits per heavy atom. The highest BCUT2D eigenvalue weighted by Crippen LogP contribution is 2.60. The van der Waals surface area contributed by atoms with Gasteiger partial charge in [-0.3, -0.25) is 0 Å². The SMILES string of the molecule is CO[C@@]1(c2ccc(C(F)(F)F)cc2)C[C@H]1C1=C(O)[C@H](c2ccc(C(=O)OSN)c(C)c2)N1. The second-order valence-electron chi connectivity index (χ2n) is 7.84. The Labute approximate surface area is 186 Å². The van der Waals surface area contributed by atoms with E-state index in [9.17, 15) is 23.1 Å². The van der Waals surface area contributed by atoms with Crippen molar-refractivity contribution >= 4 is 18.2 Å². The number of benzene rings is 2. The minimum Gasteiger partial charge on any atom is -0.508 e. The Hall–Kier alpha value is -2.69. The molecule has 1 heterocycles. The van der Waals surface area contributed by atoms with Gasteiger partial charge in [0.1, 0.15) is 29.6 Å². The smallest absolute Gasteiger partial charge is 0.416 e. The third kappa shape index (κ3) is 3.72. The molecule has 3 atom stereocenters. The molecule has 0 amide bonds. The summed E-state index contributed by atoms with van der Waals surface area (Å²) < 4.78 is 49.0. The average molecular weight is 466 g/mol. The molecule has 0 spiro atoms. The van der Waals surface area contributed by atoms with Crippen LogP contribution in [0.1, 0.15) is 45.1 Å². The molecular weight excluding hydrogens is 445 g/mol. The number of carbonyl (C=O) groups excluding carboxylic acids is 1. The molecule has 32 heavy (non-hydrogen) atoms. The van der Waals surface area contributed by atoms with Crippen LogP contribution >= 0.6 is 12.2 Å². The van der Waals surface area contributed by atoms with Crippen LogP contribution in [0.25, 0.3) is 0 Å². The molecule has 0 aromatic heterocycles. The van der Waals surface area contributed by atoms with E-state index < -0.39 is 29.4 Å². The lowest BCUT2D eigenvalue weighted by Gasteiger charge is -2.34. The number of ether oxygens (including phenoxy) is 1. The summed E-state index contributed by atoms with van der Waals surface area (Å²) in [7, 11) is 1.51. The van der Waals surface area contributed by atoms with Crippen LogP contribution in [0.5, 0.6) is 0 Å². The molecule has 0 radical (unpaired) electrons. The summed E-state index contributed by atoms with van der Waals surface area (Å²) in [5, 5.41) is 19.1. The molecule has 1 fully saturated rings. The van der Waals surface area contributed by atoms with Crippen LogP contribution in [-0.4, -0.2) is 18.2 Å². The predicted octanol–water partition coefficient (Wildman–Crippen LogP) is 4.67. The number of rotatable bonds is 6. The molecule has 2 aromatic rings. The fraction of sp³-hybridized carbons (Fsp3) is 0.318. The highest BCUT2D eigenvalue weighted by molar-refractivity contribution is 7.92. The van der Waals surface area contributed by atoms with Crippen molar-refractivity contribution in [3.63, 3.8) is 0 Å². The van der Waals surface area contributed by atoms with Gasteiger partial charge in [-0.05, 0) is 48.2 Å². The first-order valence-electron chi connectivity index (χ1n) is 9.73. The van der Waals surface area contributed by atoms with E-state index in [-0.39, 0.29) is 11.7 Å². The molecule has 1 saturated carbocycles. The quantitative estimate of drug-likeness (QED) is 0.421. The van der Waals surface area contributed by atoms with Crippen LogP contribution in [0, 0.1) is 12.8 Å². The van der Waals surface area contributed by atoms with E-state index in [2.05, 4.69) is 5.32 Å². The van der Waals surface area contributed by atoms with Crippen LogP contribution in [-0.2, 0) is 20.7 Å². The van der Waals surface area contributed by atoms with Crippen LogP contribution in [0.15, 0.2) is 53.9 Å². The van der Waals surface area contributed by atoms with E-state index in [1.165, 1.54) is 19.2 Å². The minimum atomic E-state index is -4.40. The maximum Gasteiger partial charge on any atom is 0.416 e. The molecule has 170 valence electrons. The number of alkyl halides is 3. The Bertz CT molecular complexity index is 1090. The summed E-state index contributed by atoms with van der Waals surface area (Å²) in [5.41, 5.74) is 1.54. The maximum atomic E-state index is 12.9. The molecule has 6 nitrogen and oxygen atoms in total. The number of halogens is 3. The summed E-state index contributed by atoms with van der Waals surface area (Å²) in [6.45, 7) is 1.75. The van der Waals surface area contributed by atoms with E-state index >= 15 is 0 Å². The van der Waals surface area contributed by atoms with Gasteiger partial charge in [-0.15, -0.1) is 0 Å². The van der Waals surface area contributed by atoms with Gasteiger partial charge in [-0.25, -0.2) is 9.93 Å². The highest BCUT2D eigenvalue weighted by atomic mass is 32.2. The molecule has 0 bridgehead atoms. The highest BCUT2D eigenvalue weighted by Gasteiger charge is 2.61. The van der Waals surface area contributed by atoms with Crippen molar-refractivity contribution in [2.24, 2.45) is 11.1 Å². The lowest BCUT2D eigenvalue weighted by atomic mass is 9.91. The number of hydrogen-bond acceptors (Lipinski definition) is 7. The topological polar surface area (TPSA) is 93.8 Å². The molecule has 0 unspecified atom stereocenters. The summed E-state index contributed by atoms with van der Waals surface area (Å²) in [5.74, 6) is -0.603. The Morgan fingerprint density at radius 3 is 2.47 bits per heavy atom. The molecule has 1 aliphatic heterocycles. The number of aliphatic hydroxyl groups is 1. The molecule has 4 N–H and O–H groups in total. The Morgan fingerprint density at radius 1 is 1.25 bits per heavy atom. The lowest BCUT2D eigenvalue weighted by molar-refractivity contribution is -0.137. The summed E-state index contributed by atoms with van der Waals surface area (Å²) in [6.07, 6.45) is -3.87. The number of aryl methyl sites for hydroxylation is 1. The second-order valence-corrected chi connectivity index (χ2v) is 8.20. The van der Waals surface area contributed by atoms with Gasteiger partial charge >= 0.3 is 12.1 Å².